The molecular formula is C17H21N5O3. The van der Waals surface area contributed by atoms with Crippen molar-refractivity contribution < 1.29 is 14.3 Å². The third-order valence-corrected chi connectivity index (χ3v) is 3.30. The maximum absolute atomic E-state index is 12.3. The molecule has 0 radical (unpaired) electrons. The van der Waals surface area contributed by atoms with E-state index in [4.69, 9.17) is 4.74 Å². The number of nitrogens with one attached hydrogen (secondary N) is 1. The van der Waals surface area contributed by atoms with Gasteiger partial charge in [-0.3, -0.25) is 4.79 Å². The molecule has 0 aliphatic heterocycles. The van der Waals surface area contributed by atoms with Gasteiger partial charge in [0.25, 0.3) is 0 Å². The lowest BCUT2D eigenvalue weighted by molar-refractivity contribution is -0.141. The van der Waals surface area contributed by atoms with Gasteiger partial charge in [0.1, 0.15) is 5.70 Å². The van der Waals surface area contributed by atoms with E-state index >= 15 is 0 Å². The fourth-order valence-corrected chi connectivity index (χ4v) is 2.07. The van der Waals surface area contributed by atoms with E-state index in [-0.39, 0.29) is 18.2 Å². The molecule has 1 aromatic carbocycles. The van der Waals surface area contributed by atoms with Gasteiger partial charge in [0.05, 0.1) is 0 Å². The summed E-state index contributed by atoms with van der Waals surface area (Å²) in [6, 6.07) is 9.18. The first-order chi connectivity index (χ1) is 12.1. The lowest BCUT2D eigenvalue weighted by Gasteiger charge is -2.09. The molecular weight excluding hydrogens is 322 g/mol. The summed E-state index contributed by atoms with van der Waals surface area (Å²) >= 11 is 0. The van der Waals surface area contributed by atoms with E-state index in [2.05, 4.69) is 27.8 Å². The maximum Gasteiger partial charge on any atom is 0.355 e. The minimum atomic E-state index is -0.649. The van der Waals surface area contributed by atoms with E-state index in [1.165, 1.54) is 6.92 Å². The molecule has 25 heavy (non-hydrogen) atoms. The molecule has 0 fully saturated rings. The summed E-state index contributed by atoms with van der Waals surface area (Å²) in [5.41, 5.74) is 0.835. The van der Waals surface area contributed by atoms with Crippen molar-refractivity contribution in [2.24, 2.45) is 0 Å². The van der Waals surface area contributed by atoms with Crippen molar-refractivity contribution in [3.8, 4) is 0 Å². The van der Waals surface area contributed by atoms with Gasteiger partial charge in [0.15, 0.2) is 12.4 Å². The molecule has 2 rings (SSSR count). The standard InChI is InChI=1S/C17H21N5O3/c1-3-4-10-22-16(19-20-21-22)12-25-17(24)15(18-13(2)23)11-14-8-6-5-7-9-14/h5-9,11H,3-4,10,12H2,1-2H3,(H,18,23)/b15-11-. The van der Waals surface area contributed by atoms with Gasteiger partial charge in [-0.15, -0.1) is 5.10 Å². The molecule has 0 saturated carbocycles. The molecule has 1 N–H and O–H groups in total. The molecule has 0 saturated heterocycles. The number of esters is 1. The number of benzene rings is 1. The van der Waals surface area contributed by atoms with Crippen molar-refractivity contribution in [2.45, 2.75) is 39.8 Å². The Morgan fingerprint density at radius 3 is 2.72 bits per heavy atom. The number of amides is 1. The molecule has 0 aliphatic rings. The van der Waals surface area contributed by atoms with Gasteiger partial charge in [0, 0.05) is 13.5 Å². The summed E-state index contributed by atoms with van der Waals surface area (Å²) in [4.78, 5) is 23.7. The van der Waals surface area contributed by atoms with Crippen LogP contribution in [-0.2, 0) is 27.5 Å². The minimum absolute atomic E-state index is 0.0614. The van der Waals surface area contributed by atoms with Gasteiger partial charge in [-0.2, -0.15) is 0 Å². The van der Waals surface area contributed by atoms with Gasteiger partial charge in [-0.25, -0.2) is 9.48 Å². The molecule has 0 unspecified atom stereocenters. The fraction of sp³-hybridized carbons (Fsp3) is 0.353. The van der Waals surface area contributed by atoms with Crippen LogP contribution < -0.4 is 5.32 Å². The Labute approximate surface area is 145 Å². The number of aryl methyl sites for hydroxylation is 1. The minimum Gasteiger partial charge on any atom is -0.453 e. The van der Waals surface area contributed by atoms with Gasteiger partial charge >= 0.3 is 5.97 Å². The monoisotopic (exact) mass is 343 g/mol. The number of carbonyl (C=O) groups excluding carboxylic acids is 2. The Balaban J connectivity index is 2.06. The predicted octanol–water partition coefficient (Wildman–Crippen LogP) is 1.69. The molecule has 1 aromatic heterocycles. The second-order valence-corrected chi connectivity index (χ2v) is 5.40. The highest BCUT2D eigenvalue weighted by atomic mass is 16.5. The number of hydrogen-bond acceptors (Lipinski definition) is 6. The largest absolute Gasteiger partial charge is 0.453 e. The Kier molecular flexibility index (Phi) is 6.82. The number of hydrogen-bond donors (Lipinski definition) is 1. The molecule has 8 nitrogen and oxygen atoms in total. The zero-order chi connectivity index (χ0) is 18.1. The first-order valence-corrected chi connectivity index (χ1v) is 8.06. The van der Waals surface area contributed by atoms with Gasteiger partial charge < -0.3 is 10.1 Å². The number of nitrogens with zero attached hydrogens (tertiary/aromatic N) is 4. The SMILES string of the molecule is CCCCn1nnnc1COC(=O)/C(=C/c1ccccc1)NC(C)=O. The second kappa shape index (κ2) is 9.31. The summed E-state index contributed by atoms with van der Waals surface area (Å²) < 4.78 is 6.86. The van der Waals surface area contributed by atoms with Crippen LogP contribution in [0.1, 0.15) is 38.1 Å². The number of rotatable bonds is 8. The molecule has 0 spiro atoms. The zero-order valence-electron chi connectivity index (χ0n) is 14.3. The molecule has 1 amide bonds. The summed E-state index contributed by atoms with van der Waals surface area (Å²) in [5.74, 6) is -0.542. The van der Waals surface area contributed by atoms with E-state index in [1.807, 2.05) is 30.3 Å². The van der Waals surface area contributed by atoms with Crippen molar-refractivity contribution in [3.05, 3.63) is 47.4 Å². The lowest BCUT2D eigenvalue weighted by Crippen LogP contribution is -2.26. The summed E-state index contributed by atoms with van der Waals surface area (Å²) in [6.07, 6.45) is 3.49. The summed E-state index contributed by atoms with van der Waals surface area (Å²) in [6.45, 7) is 3.99. The highest BCUT2D eigenvalue weighted by Gasteiger charge is 2.15. The molecule has 2 aromatic rings. The smallest absolute Gasteiger partial charge is 0.355 e. The van der Waals surface area contributed by atoms with Crippen molar-refractivity contribution in [1.82, 2.24) is 25.5 Å². The summed E-state index contributed by atoms with van der Waals surface area (Å²) in [7, 11) is 0. The van der Waals surface area contributed by atoms with Crippen LogP contribution in [0.15, 0.2) is 36.0 Å². The molecule has 132 valence electrons. The van der Waals surface area contributed by atoms with E-state index in [0.717, 1.165) is 18.4 Å². The van der Waals surface area contributed by atoms with Crippen molar-refractivity contribution in [3.63, 3.8) is 0 Å². The van der Waals surface area contributed by atoms with Crippen LogP contribution in [0.4, 0.5) is 0 Å². The normalized spacial score (nSPS) is 11.2. The average molecular weight is 343 g/mol. The van der Waals surface area contributed by atoms with Gasteiger partial charge in [0.2, 0.25) is 5.91 Å². The molecule has 8 heteroatoms. The highest BCUT2D eigenvalue weighted by Crippen LogP contribution is 2.08. The number of carbonyl (C=O) groups is 2. The van der Waals surface area contributed by atoms with Crippen LogP contribution >= 0.6 is 0 Å². The van der Waals surface area contributed by atoms with Gasteiger partial charge in [-0.05, 0) is 28.5 Å². The van der Waals surface area contributed by atoms with Crippen molar-refractivity contribution in [2.75, 3.05) is 0 Å². The van der Waals surface area contributed by atoms with Crippen molar-refractivity contribution in [1.29, 1.82) is 0 Å². The molecule has 0 atom stereocenters. The number of tetrazole rings is 1. The zero-order valence-corrected chi connectivity index (χ0v) is 14.3. The van der Waals surface area contributed by atoms with Crippen molar-refractivity contribution >= 4 is 18.0 Å². The Hall–Kier alpha value is -3.03. The lowest BCUT2D eigenvalue weighted by atomic mass is 10.2. The quantitative estimate of drug-likeness (QED) is 0.578. The molecule has 0 bridgehead atoms. The predicted molar refractivity (Wildman–Crippen MR) is 90.8 cm³/mol. The van der Waals surface area contributed by atoms with Crippen LogP contribution in [0.5, 0.6) is 0 Å². The first kappa shape index (κ1) is 18.3. The van der Waals surface area contributed by atoms with Crippen LogP contribution in [0.25, 0.3) is 6.08 Å². The molecule has 0 aliphatic carbocycles. The Bertz CT molecular complexity index is 740. The maximum atomic E-state index is 12.3. The third kappa shape index (κ3) is 5.83. The van der Waals surface area contributed by atoms with E-state index in [1.54, 1.807) is 10.8 Å². The fourth-order valence-electron chi connectivity index (χ4n) is 2.07. The number of aromatic nitrogens is 4. The topological polar surface area (TPSA) is 99.0 Å². The highest BCUT2D eigenvalue weighted by molar-refractivity contribution is 5.97. The third-order valence-electron chi connectivity index (χ3n) is 3.30. The van der Waals surface area contributed by atoms with E-state index in [0.29, 0.717) is 12.4 Å². The van der Waals surface area contributed by atoms with Crippen LogP contribution in [0, 0.1) is 0 Å². The van der Waals surface area contributed by atoms with Crippen LogP contribution in [0.3, 0.4) is 0 Å². The Morgan fingerprint density at radius 1 is 1.28 bits per heavy atom. The number of unbranched alkanes of at least 4 members (excludes halogenated alkanes) is 1. The molecule has 1 heterocycles. The van der Waals surface area contributed by atoms with E-state index in [9.17, 15) is 9.59 Å². The number of ether oxygens (including phenoxy) is 1. The van der Waals surface area contributed by atoms with E-state index < -0.39 is 5.97 Å². The average Bonchev–Trinajstić information content (AvgIpc) is 3.05. The van der Waals surface area contributed by atoms with Gasteiger partial charge in [-0.1, -0.05) is 43.7 Å². The van der Waals surface area contributed by atoms with Crippen LogP contribution in [-0.4, -0.2) is 32.1 Å². The van der Waals surface area contributed by atoms with Crippen LogP contribution in [0.2, 0.25) is 0 Å². The second-order valence-electron chi connectivity index (χ2n) is 5.40. The Morgan fingerprint density at radius 2 is 2.04 bits per heavy atom. The summed E-state index contributed by atoms with van der Waals surface area (Å²) in [5, 5.41) is 13.8. The first-order valence-electron chi connectivity index (χ1n) is 8.06.